The molecule has 1 aromatic carbocycles. The lowest BCUT2D eigenvalue weighted by molar-refractivity contribution is -0.126. The molecule has 122 valence electrons. The number of morpholine rings is 1. The summed E-state index contributed by atoms with van der Waals surface area (Å²) >= 11 is 3.39. The molecule has 1 amide bonds. The van der Waals surface area contributed by atoms with Crippen LogP contribution < -0.4 is 11.1 Å². The van der Waals surface area contributed by atoms with Gasteiger partial charge in [0.25, 0.3) is 0 Å². The first-order chi connectivity index (χ1) is 10.4. The van der Waals surface area contributed by atoms with E-state index >= 15 is 0 Å². The summed E-state index contributed by atoms with van der Waals surface area (Å²) in [6.07, 6.45) is 0. The van der Waals surface area contributed by atoms with E-state index in [0.29, 0.717) is 0 Å². The van der Waals surface area contributed by atoms with E-state index in [1.165, 1.54) is 0 Å². The van der Waals surface area contributed by atoms with Crippen molar-refractivity contribution in [2.75, 3.05) is 32.8 Å². The number of ether oxygens (including phenoxy) is 1. The monoisotopic (exact) mass is 369 g/mol. The van der Waals surface area contributed by atoms with Gasteiger partial charge in [-0.05, 0) is 31.5 Å². The van der Waals surface area contributed by atoms with Gasteiger partial charge in [0.2, 0.25) is 5.91 Å². The molecule has 0 radical (unpaired) electrons. The average molecular weight is 370 g/mol. The zero-order valence-electron chi connectivity index (χ0n) is 13.1. The fraction of sp³-hybridized carbons (Fsp3) is 0.562. The number of nitrogens with zero attached hydrogens (tertiary/aromatic N) is 1. The SMILES string of the molecule is CC(CN1CCOCC1)NC(=O)C(C)(N)c1ccc(Br)cc1. The fourth-order valence-corrected chi connectivity index (χ4v) is 2.78. The zero-order chi connectivity index (χ0) is 16.2. The summed E-state index contributed by atoms with van der Waals surface area (Å²) in [6, 6.07) is 7.58. The second kappa shape index (κ2) is 7.55. The molecule has 0 bridgehead atoms. The van der Waals surface area contributed by atoms with Crippen LogP contribution in [0.3, 0.4) is 0 Å². The van der Waals surface area contributed by atoms with Crippen molar-refractivity contribution in [3.05, 3.63) is 34.3 Å². The zero-order valence-corrected chi connectivity index (χ0v) is 14.7. The molecule has 3 N–H and O–H groups in total. The Morgan fingerprint density at radius 3 is 2.59 bits per heavy atom. The predicted octanol–water partition coefficient (Wildman–Crippen LogP) is 1.46. The quantitative estimate of drug-likeness (QED) is 0.824. The van der Waals surface area contributed by atoms with Crippen molar-refractivity contribution in [3.63, 3.8) is 0 Å². The van der Waals surface area contributed by atoms with Gasteiger partial charge in [0, 0.05) is 30.1 Å². The molecule has 1 heterocycles. The number of nitrogens with one attached hydrogen (secondary N) is 1. The van der Waals surface area contributed by atoms with Gasteiger partial charge in [-0.1, -0.05) is 28.1 Å². The Bertz CT molecular complexity index is 499. The summed E-state index contributed by atoms with van der Waals surface area (Å²) in [5.74, 6) is -0.157. The third-order valence-electron chi connectivity index (χ3n) is 3.93. The third kappa shape index (κ3) is 4.52. The molecule has 1 aromatic rings. The summed E-state index contributed by atoms with van der Waals surface area (Å²) < 4.78 is 6.30. The van der Waals surface area contributed by atoms with Crippen LogP contribution in [0, 0.1) is 0 Å². The Balaban J connectivity index is 1.93. The second-order valence-electron chi connectivity index (χ2n) is 6.00. The van der Waals surface area contributed by atoms with Crippen molar-refractivity contribution in [2.24, 2.45) is 5.73 Å². The molecule has 0 spiro atoms. The summed E-state index contributed by atoms with van der Waals surface area (Å²) in [6.45, 7) is 7.89. The number of carbonyl (C=O) groups is 1. The van der Waals surface area contributed by atoms with Crippen molar-refractivity contribution >= 4 is 21.8 Å². The molecule has 1 aliphatic heterocycles. The molecule has 1 aliphatic rings. The standard InChI is InChI=1S/C16H24BrN3O2/c1-12(11-20-7-9-22-10-8-20)19-15(21)16(2,18)13-3-5-14(17)6-4-13/h3-6,12H,7-11,18H2,1-2H3,(H,19,21). The first kappa shape index (κ1) is 17.4. The molecular formula is C16H24BrN3O2. The third-order valence-corrected chi connectivity index (χ3v) is 4.46. The fourth-order valence-electron chi connectivity index (χ4n) is 2.52. The van der Waals surface area contributed by atoms with Gasteiger partial charge in [-0.2, -0.15) is 0 Å². The van der Waals surface area contributed by atoms with Crippen LogP contribution in [0.4, 0.5) is 0 Å². The number of carbonyl (C=O) groups excluding carboxylic acids is 1. The number of hydrogen-bond donors (Lipinski definition) is 2. The second-order valence-corrected chi connectivity index (χ2v) is 6.91. The summed E-state index contributed by atoms with van der Waals surface area (Å²) in [4.78, 5) is 14.8. The Labute approximate surface area is 140 Å². The topological polar surface area (TPSA) is 67.6 Å². The van der Waals surface area contributed by atoms with Crippen molar-refractivity contribution in [3.8, 4) is 0 Å². The number of benzene rings is 1. The van der Waals surface area contributed by atoms with Crippen LogP contribution in [0.5, 0.6) is 0 Å². The lowest BCUT2D eigenvalue weighted by Gasteiger charge is -2.31. The molecular weight excluding hydrogens is 346 g/mol. The van der Waals surface area contributed by atoms with Gasteiger partial charge in [-0.3, -0.25) is 9.69 Å². The minimum absolute atomic E-state index is 0.0453. The van der Waals surface area contributed by atoms with E-state index in [-0.39, 0.29) is 11.9 Å². The van der Waals surface area contributed by atoms with Gasteiger partial charge in [-0.15, -0.1) is 0 Å². The summed E-state index contributed by atoms with van der Waals surface area (Å²) in [7, 11) is 0. The van der Waals surface area contributed by atoms with E-state index in [2.05, 4.69) is 26.1 Å². The normalized spacial score (nSPS) is 20.2. The van der Waals surface area contributed by atoms with Gasteiger partial charge in [0.1, 0.15) is 5.54 Å². The van der Waals surface area contributed by atoms with Crippen molar-refractivity contribution in [1.82, 2.24) is 10.2 Å². The Morgan fingerprint density at radius 1 is 1.41 bits per heavy atom. The van der Waals surface area contributed by atoms with Crippen LogP contribution in [0.1, 0.15) is 19.4 Å². The van der Waals surface area contributed by atoms with Crippen LogP contribution in [-0.2, 0) is 15.1 Å². The highest BCUT2D eigenvalue weighted by Gasteiger charge is 2.31. The molecule has 5 nitrogen and oxygen atoms in total. The summed E-state index contributed by atoms with van der Waals surface area (Å²) in [5, 5.41) is 3.02. The first-order valence-corrected chi connectivity index (χ1v) is 8.35. The molecule has 1 fully saturated rings. The first-order valence-electron chi connectivity index (χ1n) is 7.55. The molecule has 22 heavy (non-hydrogen) atoms. The van der Waals surface area contributed by atoms with Gasteiger partial charge in [0.15, 0.2) is 0 Å². The average Bonchev–Trinajstić information content (AvgIpc) is 2.48. The molecule has 2 rings (SSSR count). The highest BCUT2D eigenvalue weighted by Crippen LogP contribution is 2.20. The Hall–Kier alpha value is -0.950. The number of nitrogens with two attached hydrogens (primary N) is 1. The number of hydrogen-bond acceptors (Lipinski definition) is 4. The molecule has 0 saturated carbocycles. The highest BCUT2D eigenvalue weighted by molar-refractivity contribution is 9.10. The molecule has 0 aliphatic carbocycles. The molecule has 6 heteroatoms. The molecule has 1 saturated heterocycles. The van der Waals surface area contributed by atoms with Gasteiger partial charge in [0.05, 0.1) is 13.2 Å². The van der Waals surface area contributed by atoms with Crippen LogP contribution in [0.15, 0.2) is 28.7 Å². The van der Waals surface area contributed by atoms with Crippen molar-refractivity contribution < 1.29 is 9.53 Å². The summed E-state index contributed by atoms with van der Waals surface area (Å²) in [5.41, 5.74) is 6.01. The molecule has 0 aromatic heterocycles. The van der Waals surface area contributed by atoms with E-state index in [4.69, 9.17) is 10.5 Å². The van der Waals surface area contributed by atoms with Crippen LogP contribution in [0.25, 0.3) is 0 Å². The van der Waals surface area contributed by atoms with Crippen molar-refractivity contribution in [2.45, 2.75) is 25.4 Å². The number of amides is 1. The van der Waals surface area contributed by atoms with Crippen LogP contribution in [-0.4, -0.2) is 49.7 Å². The van der Waals surface area contributed by atoms with Crippen LogP contribution in [0.2, 0.25) is 0 Å². The smallest absolute Gasteiger partial charge is 0.244 e. The maximum Gasteiger partial charge on any atom is 0.244 e. The molecule has 2 unspecified atom stereocenters. The van der Waals surface area contributed by atoms with Crippen molar-refractivity contribution in [1.29, 1.82) is 0 Å². The van der Waals surface area contributed by atoms with Crippen LogP contribution >= 0.6 is 15.9 Å². The van der Waals surface area contributed by atoms with E-state index in [0.717, 1.165) is 42.9 Å². The van der Waals surface area contributed by atoms with E-state index in [1.54, 1.807) is 6.92 Å². The molecule has 2 atom stereocenters. The largest absolute Gasteiger partial charge is 0.379 e. The van der Waals surface area contributed by atoms with E-state index in [1.807, 2.05) is 31.2 Å². The highest BCUT2D eigenvalue weighted by atomic mass is 79.9. The number of rotatable bonds is 5. The number of halogens is 1. The minimum atomic E-state index is -1.04. The Kier molecular flexibility index (Phi) is 5.97. The minimum Gasteiger partial charge on any atom is -0.379 e. The maximum atomic E-state index is 12.5. The van der Waals surface area contributed by atoms with E-state index in [9.17, 15) is 4.79 Å². The lowest BCUT2D eigenvalue weighted by Crippen LogP contribution is -2.54. The van der Waals surface area contributed by atoms with E-state index < -0.39 is 5.54 Å². The lowest BCUT2D eigenvalue weighted by atomic mass is 9.92. The van der Waals surface area contributed by atoms with Gasteiger partial charge < -0.3 is 15.8 Å². The maximum absolute atomic E-state index is 12.5. The van der Waals surface area contributed by atoms with Gasteiger partial charge in [-0.25, -0.2) is 0 Å². The predicted molar refractivity (Wildman–Crippen MR) is 90.5 cm³/mol. The Morgan fingerprint density at radius 2 is 2.00 bits per heavy atom. The van der Waals surface area contributed by atoms with Gasteiger partial charge >= 0.3 is 0 Å².